The molecule has 0 saturated carbocycles. The van der Waals surface area contributed by atoms with E-state index in [1.807, 2.05) is 45.0 Å². The number of nitriles is 1. The Hall–Kier alpha value is -2.72. The summed E-state index contributed by atoms with van der Waals surface area (Å²) in [6.45, 7) is 5.99. The van der Waals surface area contributed by atoms with Crippen molar-refractivity contribution in [2.45, 2.75) is 27.3 Å². The maximum atomic E-state index is 12.7. The van der Waals surface area contributed by atoms with Gasteiger partial charge in [-0.2, -0.15) is 5.26 Å². The molecule has 2 aromatic heterocycles. The molecule has 7 heteroatoms. The Morgan fingerprint density at radius 3 is 2.68 bits per heavy atom. The lowest BCUT2D eigenvalue weighted by molar-refractivity contribution is 0.0967. The first kappa shape index (κ1) is 17.1. The molecule has 6 nitrogen and oxygen atoms in total. The number of halogens is 1. The summed E-state index contributed by atoms with van der Waals surface area (Å²) in [6, 6.07) is 9.84. The number of ketones is 1. The fraction of sp³-hybridized carbons (Fsp3) is 0.222. The second kappa shape index (κ2) is 6.65. The first-order chi connectivity index (χ1) is 11.9. The molecule has 0 bridgehead atoms. The summed E-state index contributed by atoms with van der Waals surface area (Å²) in [6.07, 6.45) is 1.40. The molecule has 3 aromatic rings. The third-order valence-corrected chi connectivity index (χ3v) is 4.96. The average molecular weight is 398 g/mol. The maximum Gasteiger partial charge on any atom is 0.252 e. The van der Waals surface area contributed by atoms with Crippen molar-refractivity contribution in [3.63, 3.8) is 0 Å². The number of benzene rings is 1. The van der Waals surface area contributed by atoms with E-state index in [0.717, 1.165) is 27.1 Å². The Balaban J connectivity index is 1.94. The van der Waals surface area contributed by atoms with Gasteiger partial charge in [0, 0.05) is 27.1 Å². The summed E-state index contributed by atoms with van der Waals surface area (Å²) in [5.41, 5.74) is 4.66. The summed E-state index contributed by atoms with van der Waals surface area (Å²) in [4.78, 5) is 16.5. The van der Waals surface area contributed by atoms with E-state index in [1.54, 1.807) is 0 Å². The van der Waals surface area contributed by atoms with Gasteiger partial charge in [-0.3, -0.25) is 4.79 Å². The van der Waals surface area contributed by atoms with Gasteiger partial charge in [0.25, 0.3) is 5.82 Å². The molecule has 0 spiro atoms. The molecule has 0 atom stereocenters. The Labute approximate surface area is 153 Å². The monoisotopic (exact) mass is 397 g/mol. The Morgan fingerprint density at radius 1 is 1.28 bits per heavy atom. The van der Waals surface area contributed by atoms with Crippen LogP contribution in [0.3, 0.4) is 0 Å². The van der Waals surface area contributed by atoms with E-state index in [4.69, 9.17) is 5.26 Å². The van der Waals surface area contributed by atoms with Gasteiger partial charge in [0.15, 0.2) is 5.78 Å². The van der Waals surface area contributed by atoms with Crippen molar-refractivity contribution in [1.82, 2.24) is 19.3 Å². The fourth-order valence-corrected chi connectivity index (χ4v) is 3.11. The molecule has 0 unspecified atom stereocenters. The van der Waals surface area contributed by atoms with E-state index >= 15 is 0 Å². The number of rotatable bonds is 4. The minimum atomic E-state index is -0.0671. The van der Waals surface area contributed by atoms with Gasteiger partial charge in [0.1, 0.15) is 18.9 Å². The predicted octanol–water partition coefficient (Wildman–Crippen LogP) is 3.51. The van der Waals surface area contributed by atoms with E-state index in [1.165, 1.54) is 11.0 Å². The molecule has 0 saturated heterocycles. The highest BCUT2D eigenvalue weighted by molar-refractivity contribution is 9.10. The number of aryl methyl sites for hydroxylation is 2. The van der Waals surface area contributed by atoms with Crippen LogP contribution in [-0.2, 0) is 6.54 Å². The summed E-state index contributed by atoms with van der Waals surface area (Å²) >= 11 is 3.51. The zero-order chi connectivity index (χ0) is 18.1. The van der Waals surface area contributed by atoms with Gasteiger partial charge in [-0.05, 0) is 50.6 Å². The van der Waals surface area contributed by atoms with Crippen LogP contribution in [0.4, 0.5) is 0 Å². The van der Waals surface area contributed by atoms with Gasteiger partial charge in [-0.1, -0.05) is 15.9 Å². The number of hydrogen-bond donors (Lipinski definition) is 0. The Bertz CT molecular complexity index is 1010. The molecule has 25 heavy (non-hydrogen) atoms. The van der Waals surface area contributed by atoms with Crippen molar-refractivity contribution in [1.29, 1.82) is 5.26 Å². The molecule has 0 aliphatic rings. The van der Waals surface area contributed by atoms with Crippen molar-refractivity contribution in [2.24, 2.45) is 0 Å². The molecule has 1 aromatic carbocycles. The topological polar surface area (TPSA) is 76.5 Å². The molecule has 0 aliphatic carbocycles. The lowest BCUT2D eigenvalue weighted by Gasteiger charge is -2.11. The molecule has 3 rings (SSSR count). The highest BCUT2D eigenvalue weighted by Crippen LogP contribution is 2.25. The van der Waals surface area contributed by atoms with Crippen molar-refractivity contribution in [2.75, 3.05) is 0 Å². The standard InChI is InChI=1S/C18H16BrN5O/c1-11-6-14(4-5-16(11)19)24-12(2)7-15(13(24)3)17(25)9-23-10-21-18(8-20)22-23/h4-7,10H,9H2,1-3H3. The number of carbonyl (C=O) groups excluding carboxylic acids is 1. The van der Waals surface area contributed by atoms with E-state index in [0.29, 0.717) is 5.56 Å². The first-order valence-electron chi connectivity index (χ1n) is 7.69. The minimum Gasteiger partial charge on any atom is -0.318 e. The SMILES string of the molecule is Cc1cc(-n2c(C)cc(C(=O)Cn3cnc(C#N)n3)c2C)ccc1Br. The van der Waals surface area contributed by atoms with Crippen molar-refractivity contribution in [3.8, 4) is 11.8 Å². The van der Waals surface area contributed by atoms with Crippen molar-refractivity contribution >= 4 is 21.7 Å². The zero-order valence-electron chi connectivity index (χ0n) is 14.1. The van der Waals surface area contributed by atoms with Crippen LogP contribution in [0, 0.1) is 32.1 Å². The van der Waals surface area contributed by atoms with Crippen LogP contribution >= 0.6 is 15.9 Å². The molecule has 126 valence electrons. The summed E-state index contributed by atoms with van der Waals surface area (Å²) < 4.78 is 4.50. The first-order valence-corrected chi connectivity index (χ1v) is 8.48. The fourth-order valence-electron chi connectivity index (χ4n) is 2.86. The lowest BCUT2D eigenvalue weighted by atomic mass is 10.1. The van der Waals surface area contributed by atoms with E-state index in [-0.39, 0.29) is 18.2 Å². The van der Waals surface area contributed by atoms with Crippen molar-refractivity contribution < 1.29 is 4.79 Å². The van der Waals surface area contributed by atoms with Crippen molar-refractivity contribution in [3.05, 3.63) is 63.4 Å². The number of carbonyl (C=O) groups is 1. The molecular formula is C18H16BrN5O. The molecule has 0 fully saturated rings. The molecule has 0 N–H and O–H groups in total. The van der Waals surface area contributed by atoms with Crippen LogP contribution in [-0.4, -0.2) is 25.1 Å². The van der Waals surface area contributed by atoms with E-state index < -0.39 is 0 Å². The molecule has 0 radical (unpaired) electrons. The third-order valence-electron chi connectivity index (χ3n) is 4.07. The van der Waals surface area contributed by atoms with Gasteiger partial charge in [0.05, 0.1) is 0 Å². The summed E-state index contributed by atoms with van der Waals surface area (Å²) in [7, 11) is 0. The van der Waals surface area contributed by atoms with Crippen LogP contribution in [0.2, 0.25) is 0 Å². The predicted molar refractivity (Wildman–Crippen MR) is 96.7 cm³/mol. The van der Waals surface area contributed by atoms with E-state index in [2.05, 4.69) is 36.6 Å². The highest BCUT2D eigenvalue weighted by atomic mass is 79.9. The zero-order valence-corrected chi connectivity index (χ0v) is 15.7. The third kappa shape index (κ3) is 3.26. The quantitative estimate of drug-likeness (QED) is 0.631. The van der Waals surface area contributed by atoms with Gasteiger partial charge in [-0.15, -0.1) is 5.10 Å². The summed E-state index contributed by atoms with van der Waals surface area (Å²) in [5.74, 6) is -0.00816. The van der Waals surface area contributed by atoms with Crippen LogP contribution in [0.1, 0.15) is 33.1 Å². The smallest absolute Gasteiger partial charge is 0.252 e. The van der Waals surface area contributed by atoms with Gasteiger partial charge < -0.3 is 4.57 Å². The highest BCUT2D eigenvalue weighted by Gasteiger charge is 2.18. The van der Waals surface area contributed by atoms with Crippen LogP contribution in [0.25, 0.3) is 5.69 Å². The lowest BCUT2D eigenvalue weighted by Crippen LogP contribution is -2.12. The number of aromatic nitrogens is 4. The normalized spacial score (nSPS) is 10.7. The Morgan fingerprint density at radius 2 is 2.04 bits per heavy atom. The second-order valence-electron chi connectivity index (χ2n) is 5.85. The molecule has 0 amide bonds. The van der Waals surface area contributed by atoms with Crippen LogP contribution in [0.15, 0.2) is 35.1 Å². The molecular weight excluding hydrogens is 382 g/mol. The number of Topliss-reactive ketones (excluding diaryl/α,β-unsaturated/α-hetero) is 1. The average Bonchev–Trinajstić information content (AvgIpc) is 3.14. The second-order valence-corrected chi connectivity index (χ2v) is 6.71. The van der Waals surface area contributed by atoms with Crippen LogP contribution in [0.5, 0.6) is 0 Å². The number of hydrogen-bond acceptors (Lipinski definition) is 4. The minimum absolute atomic E-state index is 0.0539. The number of nitrogens with zero attached hydrogens (tertiary/aromatic N) is 5. The van der Waals surface area contributed by atoms with Crippen LogP contribution < -0.4 is 0 Å². The van der Waals surface area contributed by atoms with E-state index in [9.17, 15) is 4.79 Å². The maximum absolute atomic E-state index is 12.7. The Kier molecular flexibility index (Phi) is 4.55. The van der Waals surface area contributed by atoms with Gasteiger partial charge in [-0.25, -0.2) is 9.67 Å². The largest absolute Gasteiger partial charge is 0.318 e. The van der Waals surface area contributed by atoms with Gasteiger partial charge >= 0.3 is 0 Å². The van der Waals surface area contributed by atoms with Gasteiger partial charge in [0.2, 0.25) is 0 Å². The molecule has 0 aliphatic heterocycles. The summed E-state index contributed by atoms with van der Waals surface area (Å²) in [5, 5.41) is 12.7. The molecule has 2 heterocycles.